The van der Waals surface area contributed by atoms with Crippen LogP contribution < -0.4 is 10.1 Å². The second-order valence-corrected chi connectivity index (χ2v) is 6.46. The Morgan fingerprint density at radius 1 is 1.38 bits per heavy atom. The van der Waals surface area contributed by atoms with Gasteiger partial charge in [-0.15, -0.1) is 0 Å². The van der Waals surface area contributed by atoms with E-state index in [-0.39, 0.29) is 12.4 Å². The normalized spacial score (nSPS) is 16.8. The number of carbonyl (C=O) groups is 1. The number of likely N-dealkylation sites (N-methyl/N-ethyl adjacent to an activating group) is 1. The molecule has 1 saturated heterocycles. The van der Waals surface area contributed by atoms with Crippen LogP contribution in [0.1, 0.15) is 18.4 Å². The fraction of sp³-hybridized carbons (Fsp3) is 0.611. The third-order valence-electron chi connectivity index (χ3n) is 4.31. The minimum absolute atomic E-state index is 0.245. The molecule has 1 aliphatic rings. The quantitative estimate of drug-likeness (QED) is 0.685. The summed E-state index contributed by atoms with van der Waals surface area (Å²) in [5, 5.41) is 13.8. The molecule has 6 nitrogen and oxygen atoms in total. The van der Waals surface area contributed by atoms with Crippen LogP contribution in [-0.2, 0) is 16.0 Å². The molecule has 0 aromatic heterocycles. The van der Waals surface area contributed by atoms with Crippen molar-refractivity contribution in [2.75, 3.05) is 46.9 Å². The van der Waals surface area contributed by atoms with Crippen LogP contribution >= 0.6 is 0 Å². The summed E-state index contributed by atoms with van der Waals surface area (Å²) in [4.78, 5) is 13.4. The summed E-state index contributed by atoms with van der Waals surface area (Å²) in [7, 11) is 3.38. The van der Waals surface area contributed by atoms with Gasteiger partial charge in [0.05, 0.1) is 19.1 Å². The Morgan fingerprint density at radius 3 is 2.83 bits per heavy atom. The maximum Gasteiger partial charge on any atom is 0.309 e. The van der Waals surface area contributed by atoms with E-state index in [1.165, 1.54) is 7.11 Å². The number of esters is 1. The molecular formula is C18H28N2O4. The third kappa shape index (κ3) is 6.11. The van der Waals surface area contributed by atoms with Gasteiger partial charge in [-0.2, -0.15) is 0 Å². The van der Waals surface area contributed by atoms with Crippen molar-refractivity contribution in [1.82, 2.24) is 10.2 Å². The smallest absolute Gasteiger partial charge is 0.309 e. The monoisotopic (exact) mass is 336 g/mol. The Kier molecular flexibility index (Phi) is 7.02. The maximum atomic E-state index is 11.3. The summed E-state index contributed by atoms with van der Waals surface area (Å²) in [6.07, 6.45) is 1.82. The second-order valence-electron chi connectivity index (χ2n) is 6.46. The number of piperidine rings is 1. The van der Waals surface area contributed by atoms with Crippen LogP contribution in [0.5, 0.6) is 5.75 Å². The predicted molar refractivity (Wildman–Crippen MR) is 92.2 cm³/mol. The van der Waals surface area contributed by atoms with E-state index in [0.717, 1.165) is 43.8 Å². The van der Waals surface area contributed by atoms with Crippen molar-refractivity contribution in [2.45, 2.75) is 24.9 Å². The highest BCUT2D eigenvalue weighted by atomic mass is 16.5. The summed E-state index contributed by atoms with van der Waals surface area (Å²) < 4.78 is 10.4. The average molecular weight is 336 g/mol. The molecule has 1 aromatic carbocycles. The van der Waals surface area contributed by atoms with E-state index in [2.05, 4.69) is 15.0 Å². The standard InChI is InChI=1S/C18H28N2O4/c1-20(14-18(22)6-8-19-9-7-18)10-11-24-16-5-3-4-15(12-16)13-17(21)23-2/h3-5,12,19,22H,6-11,13-14H2,1-2H3. The molecule has 1 aliphatic heterocycles. The lowest BCUT2D eigenvalue weighted by Crippen LogP contribution is -2.49. The highest BCUT2D eigenvalue weighted by Crippen LogP contribution is 2.19. The number of aliphatic hydroxyl groups is 1. The number of methoxy groups -OCH3 is 1. The molecule has 0 radical (unpaired) electrons. The molecule has 1 aromatic rings. The van der Waals surface area contributed by atoms with E-state index in [4.69, 9.17) is 4.74 Å². The fourth-order valence-corrected chi connectivity index (χ4v) is 2.94. The van der Waals surface area contributed by atoms with Crippen LogP contribution in [0.15, 0.2) is 24.3 Å². The van der Waals surface area contributed by atoms with Crippen LogP contribution in [0.2, 0.25) is 0 Å². The SMILES string of the molecule is COC(=O)Cc1cccc(OCCN(C)CC2(O)CCNCC2)c1. The number of carbonyl (C=O) groups excluding carboxylic acids is 1. The van der Waals surface area contributed by atoms with Gasteiger partial charge >= 0.3 is 5.97 Å². The van der Waals surface area contributed by atoms with Crippen molar-refractivity contribution in [1.29, 1.82) is 0 Å². The van der Waals surface area contributed by atoms with Gasteiger partial charge in [-0.1, -0.05) is 12.1 Å². The lowest BCUT2D eigenvalue weighted by Gasteiger charge is -2.35. The van der Waals surface area contributed by atoms with E-state index in [1.54, 1.807) is 0 Å². The Labute approximate surface area is 143 Å². The Morgan fingerprint density at radius 2 is 2.12 bits per heavy atom. The topological polar surface area (TPSA) is 71.0 Å². The van der Waals surface area contributed by atoms with Crippen LogP contribution in [-0.4, -0.2) is 68.5 Å². The zero-order valence-corrected chi connectivity index (χ0v) is 14.6. The van der Waals surface area contributed by atoms with Crippen molar-refractivity contribution in [2.24, 2.45) is 0 Å². The molecule has 0 unspecified atom stereocenters. The third-order valence-corrected chi connectivity index (χ3v) is 4.31. The van der Waals surface area contributed by atoms with E-state index >= 15 is 0 Å². The molecular weight excluding hydrogens is 308 g/mol. The minimum Gasteiger partial charge on any atom is -0.492 e. The van der Waals surface area contributed by atoms with E-state index < -0.39 is 5.60 Å². The first-order valence-corrected chi connectivity index (χ1v) is 8.41. The molecule has 0 saturated carbocycles. The van der Waals surface area contributed by atoms with Gasteiger partial charge in [0.1, 0.15) is 12.4 Å². The molecule has 2 rings (SSSR count). The van der Waals surface area contributed by atoms with Crippen LogP contribution in [0.25, 0.3) is 0 Å². The second kappa shape index (κ2) is 9.01. The number of nitrogens with zero attached hydrogens (tertiary/aromatic N) is 1. The highest BCUT2D eigenvalue weighted by Gasteiger charge is 2.30. The van der Waals surface area contributed by atoms with Gasteiger partial charge in [0.25, 0.3) is 0 Å². The summed E-state index contributed by atoms with van der Waals surface area (Å²) in [5.41, 5.74) is 0.275. The van der Waals surface area contributed by atoms with Crippen molar-refractivity contribution < 1.29 is 19.4 Å². The maximum absolute atomic E-state index is 11.3. The van der Waals surface area contributed by atoms with Crippen molar-refractivity contribution in [3.8, 4) is 5.75 Å². The van der Waals surface area contributed by atoms with Gasteiger partial charge in [0.2, 0.25) is 0 Å². The molecule has 2 N–H and O–H groups in total. The molecule has 134 valence electrons. The molecule has 24 heavy (non-hydrogen) atoms. The molecule has 1 fully saturated rings. The first kappa shape index (κ1) is 18.7. The highest BCUT2D eigenvalue weighted by molar-refractivity contribution is 5.72. The van der Waals surface area contributed by atoms with Gasteiger partial charge < -0.3 is 24.8 Å². The van der Waals surface area contributed by atoms with E-state index in [0.29, 0.717) is 13.2 Å². The molecule has 1 heterocycles. The Hall–Kier alpha value is -1.63. The molecule has 0 aliphatic carbocycles. The summed E-state index contributed by atoms with van der Waals surface area (Å²) in [6, 6.07) is 7.48. The molecule has 6 heteroatoms. The largest absolute Gasteiger partial charge is 0.492 e. The number of hydrogen-bond donors (Lipinski definition) is 2. The van der Waals surface area contributed by atoms with Gasteiger partial charge in [0.15, 0.2) is 0 Å². The molecule has 0 atom stereocenters. The number of rotatable bonds is 8. The average Bonchev–Trinajstić information content (AvgIpc) is 2.55. The first-order valence-electron chi connectivity index (χ1n) is 8.41. The number of hydrogen-bond acceptors (Lipinski definition) is 6. The first-order chi connectivity index (χ1) is 11.5. The predicted octanol–water partition coefficient (Wildman–Crippen LogP) is 0.827. The summed E-state index contributed by atoms with van der Waals surface area (Å²) in [6.45, 7) is 3.66. The Balaban J connectivity index is 1.75. The van der Waals surface area contributed by atoms with E-state index in [1.807, 2.05) is 31.3 Å². The number of ether oxygens (including phenoxy) is 2. The number of benzene rings is 1. The lowest BCUT2D eigenvalue weighted by atomic mass is 9.92. The summed E-state index contributed by atoms with van der Waals surface area (Å²) in [5.74, 6) is 0.479. The van der Waals surface area contributed by atoms with E-state index in [9.17, 15) is 9.90 Å². The van der Waals surface area contributed by atoms with Crippen molar-refractivity contribution >= 4 is 5.97 Å². The fourth-order valence-electron chi connectivity index (χ4n) is 2.94. The summed E-state index contributed by atoms with van der Waals surface area (Å²) >= 11 is 0. The molecule has 0 amide bonds. The molecule has 0 bridgehead atoms. The van der Waals surface area contributed by atoms with Crippen molar-refractivity contribution in [3.05, 3.63) is 29.8 Å². The van der Waals surface area contributed by atoms with Gasteiger partial charge in [-0.3, -0.25) is 4.79 Å². The molecule has 0 spiro atoms. The van der Waals surface area contributed by atoms with Gasteiger partial charge in [-0.05, 0) is 50.7 Å². The minimum atomic E-state index is -0.597. The lowest BCUT2D eigenvalue weighted by molar-refractivity contribution is -0.139. The van der Waals surface area contributed by atoms with Crippen molar-refractivity contribution in [3.63, 3.8) is 0 Å². The van der Waals surface area contributed by atoms with Crippen LogP contribution in [0.4, 0.5) is 0 Å². The zero-order chi connectivity index (χ0) is 17.4. The van der Waals surface area contributed by atoms with Gasteiger partial charge in [-0.25, -0.2) is 0 Å². The number of nitrogens with one attached hydrogen (secondary N) is 1. The Bertz CT molecular complexity index is 530. The zero-order valence-electron chi connectivity index (χ0n) is 14.6. The van der Waals surface area contributed by atoms with Gasteiger partial charge in [0, 0.05) is 13.1 Å². The van der Waals surface area contributed by atoms with Crippen LogP contribution in [0.3, 0.4) is 0 Å². The van der Waals surface area contributed by atoms with Crippen LogP contribution in [0, 0.1) is 0 Å².